The van der Waals surface area contributed by atoms with Gasteiger partial charge < -0.3 is 9.13 Å². The van der Waals surface area contributed by atoms with Crippen LogP contribution in [0.3, 0.4) is 0 Å². The monoisotopic (exact) mass is 213 g/mol. The van der Waals surface area contributed by atoms with Crippen molar-refractivity contribution < 1.29 is 13.7 Å². The van der Waals surface area contributed by atoms with Gasteiger partial charge in [0, 0.05) is 0 Å². The van der Waals surface area contributed by atoms with Gasteiger partial charge in [-0.05, 0) is 13.3 Å². The van der Waals surface area contributed by atoms with E-state index in [0.29, 0.717) is 5.90 Å². The molecule has 1 rings (SSSR count). The number of hydrogen-bond acceptors (Lipinski definition) is 3. The van der Waals surface area contributed by atoms with Gasteiger partial charge in [-0.1, -0.05) is 4.57 Å². The normalized spacial score (nSPS) is 51.5. The second-order valence-corrected chi connectivity index (χ2v) is 13.1. The molecule has 0 aromatic rings. The van der Waals surface area contributed by atoms with Crippen LogP contribution < -0.4 is 0 Å². The van der Waals surface area contributed by atoms with Gasteiger partial charge in [0.1, 0.15) is 20.9 Å². The highest BCUT2D eigenvalue weighted by Gasteiger charge is 2.62. The quantitative estimate of drug-likeness (QED) is 0.629. The summed E-state index contributed by atoms with van der Waals surface area (Å²) >= 11 is 0. The third kappa shape index (κ3) is 1.52. The second kappa shape index (κ2) is 2.52. The molecule has 0 saturated carbocycles. The molecule has 0 radical (unpaired) electrons. The average molecular weight is 213 g/mol. The molecule has 11 heavy (non-hydrogen) atoms. The summed E-state index contributed by atoms with van der Waals surface area (Å²) in [6, 6.07) is 0. The van der Waals surface area contributed by atoms with Crippen LogP contribution in [0.2, 0.25) is 0 Å². The van der Waals surface area contributed by atoms with Crippen LogP contribution in [0.1, 0.15) is 0 Å². The van der Waals surface area contributed by atoms with Crippen molar-refractivity contribution in [2.24, 2.45) is 0 Å². The van der Waals surface area contributed by atoms with E-state index in [0.717, 1.165) is 0 Å². The first-order valence-corrected chi connectivity index (χ1v) is 9.89. The van der Waals surface area contributed by atoms with Gasteiger partial charge in [-0.15, -0.1) is 0 Å². The maximum absolute atomic E-state index is 11.5. The Labute approximate surface area is 67.5 Å². The molecule has 3 atom stereocenters. The lowest BCUT2D eigenvalue weighted by Crippen LogP contribution is -2.18. The molecule has 1 fully saturated rings. The average Bonchev–Trinajstić information content (AvgIpc) is 1.53. The van der Waals surface area contributed by atoms with E-state index in [1.807, 2.05) is 0 Å². The molecular formula is C5H12O3P3+. The van der Waals surface area contributed by atoms with Gasteiger partial charge in [0.2, 0.25) is 0 Å². The van der Waals surface area contributed by atoms with Crippen LogP contribution in [0.15, 0.2) is 0 Å². The Hall–Kier alpha value is 0.560. The molecule has 64 valence electrons. The van der Waals surface area contributed by atoms with Crippen molar-refractivity contribution >= 4 is 22.1 Å². The van der Waals surface area contributed by atoms with Gasteiger partial charge in [0.15, 0.2) is 0 Å². The van der Waals surface area contributed by atoms with Gasteiger partial charge in [-0.25, -0.2) is 0 Å². The molecule has 1 saturated heterocycles. The van der Waals surface area contributed by atoms with Crippen LogP contribution in [-0.4, -0.2) is 31.0 Å². The van der Waals surface area contributed by atoms with Gasteiger partial charge in [0.05, 0.1) is 5.90 Å². The highest BCUT2D eigenvalue weighted by molar-refractivity contribution is 8.04. The zero-order valence-electron chi connectivity index (χ0n) is 6.85. The Kier molecular flexibility index (Phi) is 2.21. The summed E-state index contributed by atoms with van der Waals surface area (Å²) in [7, 11) is -6.13. The first-order chi connectivity index (χ1) is 4.77. The Bertz CT molecular complexity index is 273. The van der Waals surface area contributed by atoms with Crippen LogP contribution in [0.4, 0.5) is 0 Å². The fourth-order valence-corrected chi connectivity index (χ4v) is 17.6. The molecule has 0 aromatic carbocycles. The molecule has 6 heteroatoms. The van der Waals surface area contributed by atoms with E-state index in [1.165, 1.54) is 6.66 Å². The molecule has 0 aromatic heterocycles. The molecule has 3 unspecified atom stereocenters. The molecule has 0 aliphatic carbocycles. The predicted octanol–water partition coefficient (Wildman–Crippen LogP) is 2.68. The van der Waals surface area contributed by atoms with Crippen molar-refractivity contribution in [1.29, 1.82) is 0 Å². The summed E-state index contributed by atoms with van der Waals surface area (Å²) < 4.78 is 34.1. The lowest BCUT2D eigenvalue weighted by atomic mass is 11.7. The zero-order valence-corrected chi connectivity index (χ0v) is 9.53. The van der Waals surface area contributed by atoms with Crippen molar-refractivity contribution in [3.8, 4) is 0 Å². The standard InChI is InChI=1S/C5H12O3P3/c1-9(6)5-10(2,7)4-11(5,3)8/h5H,4H2,1-3H3/q+1. The highest BCUT2D eigenvalue weighted by atomic mass is 31.3. The first kappa shape index (κ1) is 9.65. The maximum atomic E-state index is 11.5. The minimum atomic E-state index is -2.30. The summed E-state index contributed by atoms with van der Waals surface area (Å²) in [5.74, 6) is 0.319. The molecule has 0 spiro atoms. The predicted molar refractivity (Wildman–Crippen MR) is 49.2 cm³/mol. The third-order valence-corrected chi connectivity index (χ3v) is 16.8. The van der Waals surface area contributed by atoms with Crippen molar-refractivity contribution in [1.82, 2.24) is 0 Å². The lowest BCUT2D eigenvalue weighted by molar-refractivity contribution is 0.558. The van der Waals surface area contributed by atoms with E-state index >= 15 is 0 Å². The van der Waals surface area contributed by atoms with Crippen molar-refractivity contribution in [2.45, 2.75) is 5.14 Å². The Morgan fingerprint density at radius 1 is 1.27 bits per heavy atom. The zero-order chi connectivity index (χ0) is 8.86. The minimum absolute atomic E-state index is 0.319. The van der Waals surface area contributed by atoms with Crippen LogP contribution in [0.5, 0.6) is 0 Å². The summed E-state index contributed by atoms with van der Waals surface area (Å²) in [6.45, 7) is 4.73. The third-order valence-electron chi connectivity index (χ3n) is 1.86. The summed E-state index contributed by atoms with van der Waals surface area (Å²) in [5, 5.41) is -0.468. The molecule has 0 bridgehead atoms. The summed E-state index contributed by atoms with van der Waals surface area (Å²) in [6.07, 6.45) is 0. The van der Waals surface area contributed by atoms with Gasteiger partial charge in [0.25, 0.3) is 5.14 Å². The van der Waals surface area contributed by atoms with Gasteiger partial charge >= 0.3 is 7.80 Å². The van der Waals surface area contributed by atoms with Gasteiger partial charge in [-0.2, -0.15) is 0 Å². The van der Waals surface area contributed by atoms with E-state index in [1.54, 1.807) is 13.3 Å². The van der Waals surface area contributed by atoms with Crippen molar-refractivity contribution in [3.05, 3.63) is 0 Å². The van der Waals surface area contributed by atoms with Crippen LogP contribution in [0, 0.1) is 0 Å². The molecule has 1 aliphatic heterocycles. The van der Waals surface area contributed by atoms with E-state index < -0.39 is 27.2 Å². The van der Waals surface area contributed by atoms with Crippen molar-refractivity contribution in [2.75, 3.05) is 25.9 Å². The fourth-order valence-electron chi connectivity index (χ4n) is 1.81. The number of rotatable bonds is 1. The highest BCUT2D eigenvalue weighted by Crippen LogP contribution is 2.85. The van der Waals surface area contributed by atoms with E-state index in [-0.39, 0.29) is 0 Å². The fraction of sp³-hybridized carbons (Fsp3) is 1.00. The SMILES string of the molecule is C[P+](=O)C1P(C)(=O)CP1(C)=O. The molecule has 0 amide bonds. The molecule has 1 aliphatic rings. The summed E-state index contributed by atoms with van der Waals surface area (Å²) in [4.78, 5) is 0. The topological polar surface area (TPSA) is 51.2 Å². The second-order valence-electron chi connectivity index (χ2n) is 3.38. The van der Waals surface area contributed by atoms with Crippen LogP contribution >= 0.6 is 22.1 Å². The van der Waals surface area contributed by atoms with Gasteiger partial charge in [-0.3, -0.25) is 0 Å². The Morgan fingerprint density at radius 3 is 1.73 bits per heavy atom. The first-order valence-electron chi connectivity index (χ1n) is 3.30. The minimum Gasteiger partial charge on any atom is -0.318 e. The molecule has 1 heterocycles. The smallest absolute Gasteiger partial charge is 0.318 e. The van der Waals surface area contributed by atoms with E-state index in [4.69, 9.17) is 0 Å². The van der Waals surface area contributed by atoms with Crippen LogP contribution in [-0.2, 0) is 13.7 Å². The Morgan fingerprint density at radius 2 is 1.64 bits per heavy atom. The summed E-state index contributed by atoms with van der Waals surface area (Å²) in [5.41, 5.74) is 0. The lowest BCUT2D eigenvalue weighted by Gasteiger charge is -2.32. The van der Waals surface area contributed by atoms with E-state index in [2.05, 4.69) is 0 Å². The maximum Gasteiger partial charge on any atom is 0.354 e. The van der Waals surface area contributed by atoms with Crippen LogP contribution in [0.25, 0.3) is 0 Å². The van der Waals surface area contributed by atoms with E-state index in [9.17, 15) is 13.7 Å². The molecule has 3 nitrogen and oxygen atoms in total. The largest absolute Gasteiger partial charge is 0.354 e. The number of hydrogen-bond donors (Lipinski definition) is 0. The Balaban J connectivity index is 3.00. The molecule has 0 N–H and O–H groups in total. The molecular weight excluding hydrogens is 201 g/mol. The van der Waals surface area contributed by atoms with Crippen molar-refractivity contribution in [3.63, 3.8) is 0 Å².